The Morgan fingerprint density at radius 2 is 1.64 bits per heavy atom. The summed E-state index contributed by atoms with van der Waals surface area (Å²) in [4.78, 5) is 95.1. The molecule has 0 spiro atoms. The van der Waals surface area contributed by atoms with Gasteiger partial charge in [-0.3, -0.25) is 29.0 Å². The topological polar surface area (TPSA) is 300 Å². The van der Waals surface area contributed by atoms with E-state index in [1.807, 2.05) is 0 Å². The minimum Gasteiger partial charge on any atom is -0.480 e. The average molecular weight is 695 g/mol. The van der Waals surface area contributed by atoms with Gasteiger partial charge in [0.25, 0.3) is 11.5 Å². The van der Waals surface area contributed by atoms with Crippen molar-refractivity contribution in [2.75, 3.05) is 17.6 Å². The van der Waals surface area contributed by atoms with Crippen LogP contribution in [0.2, 0.25) is 0 Å². The molecule has 2 atom stereocenters. The molecule has 3 aromatic rings. The summed E-state index contributed by atoms with van der Waals surface area (Å²) in [6.45, 7) is 3.04. The Kier molecular flexibility index (Phi) is 13.9. The van der Waals surface area contributed by atoms with E-state index in [0.717, 1.165) is 0 Å². The van der Waals surface area contributed by atoms with Crippen molar-refractivity contribution in [2.24, 2.45) is 5.10 Å². The van der Waals surface area contributed by atoms with Gasteiger partial charge in [0.05, 0.1) is 24.0 Å². The van der Waals surface area contributed by atoms with Crippen LogP contribution in [0.5, 0.6) is 0 Å². The molecule has 19 nitrogen and oxygen atoms in total. The molecule has 0 fully saturated rings. The highest BCUT2D eigenvalue weighted by Gasteiger charge is 2.25. The fourth-order valence-electron chi connectivity index (χ4n) is 4.23. The number of amides is 4. The Hall–Kier alpha value is -6.40. The smallest absolute Gasteiger partial charge is 0.328 e. The fourth-order valence-corrected chi connectivity index (χ4v) is 4.23. The summed E-state index contributed by atoms with van der Waals surface area (Å²) < 4.78 is 0. The number of pyridine rings is 1. The number of rotatable bonds is 18. The highest BCUT2D eigenvalue weighted by molar-refractivity contribution is 5.97. The summed E-state index contributed by atoms with van der Waals surface area (Å²) in [6.07, 6.45) is 1.10. The van der Waals surface area contributed by atoms with E-state index in [0.29, 0.717) is 22.6 Å². The molecule has 4 amide bonds. The van der Waals surface area contributed by atoms with Gasteiger partial charge in [-0.15, -0.1) is 0 Å². The lowest BCUT2D eigenvalue weighted by Crippen LogP contribution is -2.49. The maximum absolute atomic E-state index is 12.8. The van der Waals surface area contributed by atoms with Crippen molar-refractivity contribution >= 4 is 63.8 Å². The number of carboxylic acids is 2. The van der Waals surface area contributed by atoms with Crippen LogP contribution in [0.1, 0.15) is 62.0 Å². The van der Waals surface area contributed by atoms with Gasteiger partial charge < -0.3 is 42.2 Å². The van der Waals surface area contributed by atoms with Crippen LogP contribution in [0.3, 0.4) is 0 Å². The van der Waals surface area contributed by atoms with E-state index in [2.05, 4.69) is 46.7 Å². The van der Waals surface area contributed by atoms with Crippen LogP contribution in [0, 0.1) is 0 Å². The van der Waals surface area contributed by atoms with Crippen molar-refractivity contribution in [3.63, 3.8) is 0 Å². The lowest BCUT2D eigenvalue weighted by atomic mass is 10.1. The second kappa shape index (κ2) is 18.2. The van der Waals surface area contributed by atoms with Crippen molar-refractivity contribution in [2.45, 2.75) is 64.6 Å². The van der Waals surface area contributed by atoms with E-state index in [9.17, 15) is 43.8 Å². The average Bonchev–Trinajstić information content (AvgIpc) is 3.08. The molecule has 3 rings (SSSR count). The highest BCUT2D eigenvalue weighted by atomic mass is 16.4. The number of benzene rings is 1. The first-order valence-corrected chi connectivity index (χ1v) is 15.4. The number of aliphatic carboxylic acids is 2. The molecule has 0 saturated heterocycles. The number of hydrazone groups is 1. The van der Waals surface area contributed by atoms with Crippen LogP contribution in [0.4, 0.5) is 11.5 Å². The number of fused-ring (bicyclic) bond motifs is 1. The Balaban J connectivity index is 1.46. The number of nitrogens with one attached hydrogen (secondary N) is 6. The zero-order valence-corrected chi connectivity index (χ0v) is 27.2. The lowest BCUT2D eigenvalue weighted by molar-refractivity contribution is -0.142. The molecule has 1 aromatic carbocycles. The van der Waals surface area contributed by atoms with Crippen molar-refractivity contribution in [1.29, 1.82) is 0 Å². The van der Waals surface area contributed by atoms with Crippen LogP contribution < -0.4 is 38.0 Å². The third-order valence-electron chi connectivity index (χ3n) is 7.04. The number of aromatic nitrogens is 3. The number of carbonyl (C=O) groups excluding carboxylic acids is 4. The molecule has 0 bridgehead atoms. The zero-order chi connectivity index (χ0) is 36.8. The van der Waals surface area contributed by atoms with Gasteiger partial charge in [0, 0.05) is 48.8 Å². The quantitative estimate of drug-likeness (QED) is 0.0619. The molecule has 2 heterocycles. The Morgan fingerprint density at radius 3 is 2.30 bits per heavy atom. The third-order valence-corrected chi connectivity index (χ3v) is 7.04. The van der Waals surface area contributed by atoms with Crippen LogP contribution in [-0.4, -0.2) is 85.1 Å². The lowest BCUT2D eigenvalue weighted by Gasteiger charge is -2.17. The molecular formula is C31H38N10O9. The van der Waals surface area contributed by atoms with Gasteiger partial charge in [-0.25, -0.2) is 20.0 Å². The van der Waals surface area contributed by atoms with Gasteiger partial charge in [-0.2, -0.15) is 5.10 Å². The number of hydrogen-bond acceptors (Lipinski definition) is 12. The Morgan fingerprint density at radius 1 is 0.940 bits per heavy atom. The predicted molar refractivity (Wildman–Crippen MR) is 180 cm³/mol. The summed E-state index contributed by atoms with van der Waals surface area (Å²) in [5.41, 5.74) is 9.62. The molecule has 0 saturated carbocycles. The first-order valence-electron chi connectivity index (χ1n) is 15.4. The van der Waals surface area contributed by atoms with Crippen molar-refractivity contribution in [3.05, 3.63) is 58.1 Å². The molecule has 0 aliphatic carbocycles. The number of H-pyrrole nitrogens is 1. The van der Waals surface area contributed by atoms with E-state index in [-0.39, 0.29) is 55.0 Å². The first-order chi connectivity index (χ1) is 23.7. The van der Waals surface area contributed by atoms with E-state index >= 15 is 0 Å². The summed E-state index contributed by atoms with van der Waals surface area (Å²) in [5.74, 6) is -4.98. The predicted octanol–water partition coefficient (Wildman–Crippen LogP) is -0.156. The number of carboxylic acid groups (broad SMARTS) is 2. The van der Waals surface area contributed by atoms with Crippen LogP contribution in [-0.2, 0) is 30.5 Å². The molecule has 50 heavy (non-hydrogen) atoms. The van der Waals surface area contributed by atoms with E-state index in [4.69, 9.17) is 5.73 Å². The molecule has 0 radical (unpaired) electrons. The second-order valence-electron chi connectivity index (χ2n) is 11.0. The van der Waals surface area contributed by atoms with Crippen molar-refractivity contribution in [3.8, 4) is 0 Å². The molecule has 0 aliphatic rings. The summed E-state index contributed by atoms with van der Waals surface area (Å²) in [5, 5.41) is 33.0. The Labute approximate surface area is 284 Å². The normalized spacial score (nSPS) is 12.3. The van der Waals surface area contributed by atoms with Crippen LogP contribution in [0.25, 0.3) is 11.0 Å². The summed E-state index contributed by atoms with van der Waals surface area (Å²) >= 11 is 0. The standard InChI is InChI=1S/C31H38N10O9/c1-3-24(42)41-40-16(2)4-10-25(43)35-15-22(31(49)50)37-26(44)11-9-20(30(47)48)38-28(45)17-5-7-18(8-6-17)33-13-19-14-34-21-12-23(32)39-29(46)27(21)36-19/h5-8,12,14,20,22,33H,3-4,9-11,13,15H2,1-2H3,(H,35,43)(H,37,44)(H,38,45)(H,41,42)(H,47,48)(H,49,50)(H3,32,39,46)/b40-16+. The number of nitrogens with two attached hydrogens (primary N) is 1. The minimum atomic E-state index is -1.50. The number of nitrogens with zero attached hydrogens (tertiary/aromatic N) is 3. The number of hydrogen-bond donors (Lipinski definition) is 9. The Bertz CT molecular complexity index is 1830. The first kappa shape index (κ1) is 38.1. The minimum absolute atomic E-state index is 0.0445. The van der Waals surface area contributed by atoms with E-state index in [1.165, 1.54) is 24.4 Å². The fraction of sp³-hybridized carbons (Fsp3) is 0.355. The number of carbonyl (C=O) groups is 6. The summed E-state index contributed by atoms with van der Waals surface area (Å²) in [7, 11) is 0. The molecule has 2 unspecified atom stereocenters. The van der Waals surface area contributed by atoms with Crippen molar-refractivity contribution in [1.82, 2.24) is 36.3 Å². The van der Waals surface area contributed by atoms with Gasteiger partial charge in [0.15, 0.2) is 5.52 Å². The van der Waals surface area contributed by atoms with Gasteiger partial charge in [0.2, 0.25) is 17.7 Å². The van der Waals surface area contributed by atoms with Gasteiger partial charge in [-0.05, 0) is 44.0 Å². The number of nitrogen functional groups attached to an aromatic ring is 1. The highest BCUT2D eigenvalue weighted by Crippen LogP contribution is 2.13. The molecular weight excluding hydrogens is 656 g/mol. The maximum atomic E-state index is 12.8. The van der Waals surface area contributed by atoms with Gasteiger partial charge in [0.1, 0.15) is 17.9 Å². The van der Waals surface area contributed by atoms with Gasteiger partial charge >= 0.3 is 11.9 Å². The van der Waals surface area contributed by atoms with Crippen LogP contribution in [0.15, 0.2) is 46.4 Å². The van der Waals surface area contributed by atoms with Crippen molar-refractivity contribution < 1.29 is 39.0 Å². The molecule has 0 aliphatic heterocycles. The molecule has 266 valence electrons. The summed E-state index contributed by atoms with van der Waals surface area (Å²) in [6, 6.07) is 4.59. The van der Waals surface area contributed by atoms with E-state index < -0.39 is 60.3 Å². The SMILES string of the molecule is CCC(=O)N/N=C(\C)CCC(=O)NCC(NC(=O)CCC(NC(=O)c1ccc(NCc2cnc3cc(N)[nH]c(=O)c3n2)cc1)C(=O)O)C(=O)O. The molecule has 10 N–H and O–H groups in total. The molecule has 19 heteroatoms. The zero-order valence-electron chi connectivity index (χ0n) is 27.2. The monoisotopic (exact) mass is 694 g/mol. The largest absolute Gasteiger partial charge is 0.480 e. The van der Waals surface area contributed by atoms with Gasteiger partial charge in [-0.1, -0.05) is 6.92 Å². The number of aromatic amines is 1. The third kappa shape index (κ3) is 12.0. The second-order valence-corrected chi connectivity index (χ2v) is 11.0. The van der Waals surface area contributed by atoms with E-state index in [1.54, 1.807) is 26.0 Å². The maximum Gasteiger partial charge on any atom is 0.328 e. The molecule has 2 aromatic heterocycles. The number of anilines is 2. The van der Waals surface area contributed by atoms with Crippen LogP contribution >= 0.6 is 0 Å².